The lowest BCUT2D eigenvalue weighted by molar-refractivity contribution is -0.141. The Morgan fingerprint density at radius 1 is 1.22 bits per heavy atom. The first-order valence-electron chi connectivity index (χ1n) is 5.00. The number of β-amino-alcohol motifs (C(OH)–C–C–N with tert-alkyl or cyclic N) is 2. The molecule has 1 fully saturated rings. The van der Waals surface area contributed by atoms with E-state index in [4.69, 9.17) is 11.6 Å². The molecule has 1 aliphatic heterocycles. The third kappa shape index (κ3) is 2.65. The molecule has 2 unspecified atom stereocenters. The lowest BCUT2D eigenvalue weighted by Crippen LogP contribution is -2.23. The highest BCUT2D eigenvalue weighted by Crippen LogP contribution is 2.31. The molecule has 0 amide bonds. The SMILES string of the molecule is OC1CN(c2cc(C(F)(F)F)nc(Cl)n2)CC1O. The standard InChI is InChI=1S/C9H9ClF3N3O2/c10-8-14-6(9(11,12)13)1-7(15-8)16-2-4(17)5(18)3-16/h1,4-5,17-18H,2-3H2. The molecule has 0 bridgehead atoms. The van der Waals surface area contributed by atoms with Crippen molar-refractivity contribution in [1.82, 2.24) is 9.97 Å². The van der Waals surface area contributed by atoms with Gasteiger partial charge < -0.3 is 15.1 Å². The van der Waals surface area contributed by atoms with Gasteiger partial charge >= 0.3 is 6.18 Å². The summed E-state index contributed by atoms with van der Waals surface area (Å²) in [6.07, 6.45) is -6.67. The molecule has 5 nitrogen and oxygen atoms in total. The summed E-state index contributed by atoms with van der Waals surface area (Å²) in [6.45, 7) is -0.0163. The predicted molar refractivity (Wildman–Crippen MR) is 56.3 cm³/mol. The average molecular weight is 284 g/mol. The number of rotatable bonds is 1. The van der Waals surface area contributed by atoms with Crippen molar-refractivity contribution in [3.8, 4) is 0 Å². The van der Waals surface area contributed by atoms with Crippen LogP contribution in [0, 0.1) is 0 Å². The van der Waals surface area contributed by atoms with Gasteiger partial charge in [0.1, 0.15) is 5.82 Å². The van der Waals surface area contributed by atoms with E-state index in [2.05, 4.69) is 9.97 Å². The van der Waals surface area contributed by atoms with Crippen molar-refractivity contribution < 1.29 is 23.4 Å². The van der Waals surface area contributed by atoms with E-state index in [1.165, 1.54) is 4.90 Å². The van der Waals surface area contributed by atoms with Crippen molar-refractivity contribution in [2.75, 3.05) is 18.0 Å². The summed E-state index contributed by atoms with van der Waals surface area (Å²) in [7, 11) is 0. The monoisotopic (exact) mass is 283 g/mol. The minimum atomic E-state index is -4.63. The zero-order valence-electron chi connectivity index (χ0n) is 8.89. The fourth-order valence-electron chi connectivity index (χ4n) is 1.67. The minimum Gasteiger partial charge on any atom is -0.389 e. The van der Waals surface area contributed by atoms with Crippen molar-refractivity contribution in [1.29, 1.82) is 0 Å². The molecular weight excluding hydrogens is 275 g/mol. The van der Waals surface area contributed by atoms with Gasteiger partial charge in [-0.15, -0.1) is 0 Å². The highest BCUT2D eigenvalue weighted by molar-refractivity contribution is 6.28. The number of anilines is 1. The van der Waals surface area contributed by atoms with Crippen LogP contribution in [0.15, 0.2) is 6.07 Å². The van der Waals surface area contributed by atoms with Gasteiger partial charge in [-0.05, 0) is 11.6 Å². The molecule has 1 saturated heterocycles. The second kappa shape index (κ2) is 4.52. The number of hydrogen-bond acceptors (Lipinski definition) is 5. The van der Waals surface area contributed by atoms with Crippen LogP contribution in [0.2, 0.25) is 5.28 Å². The van der Waals surface area contributed by atoms with Gasteiger partial charge in [0, 0.05) is 19.2 Å². The molecule has 2 heterocycles. The highest BCUT2D eigenvalue weighted by Gasteiger charge is 2.36. The molecule has 1 aromatic rings. The fraction of sp³-hybridized carbons (Fsp3) is 0.556. The van der Waals surface area contributed by atoms with E-state index in [9.17, 15) is 23.4 Å². The van der Waals surface area contributed by atoms with Gasteiger partial charge in [0.15, 0.2) is 5.69 Å². The van der Waals surface area contributed by atoms with Crippen molar-refractivity contribution in [2.24, 2.45) is 0 Å². The van der Waals surface area contributed by atoms with Gasteiger partial charge in [-0.2, -0.15) is 13.2 Å². The molecule has 0 saturated carbocycles. The maximum absolute atomic E-state index is 12.5. The van der Waals surface area contributed by atoms with Crippen LogP contribution in [0.4, 0.5) is 19.0 Å². The molecule has 0 radical (unpaired) electrons. The van der Waals surface area contributed by atoms with Crippen molar-refractivity contribution in [3.63, 3.8) is 0 Å². The van der Waals surface area contributed by atoms with Crippen LogP contribution in [0.1, 0.15) is 5.69 Å². The fourth-order valence-corrected chi connectivity index (χ4v) is 1.85. The Bertz CT molecular complexity index is 447. The number of hydrogen-bond donors (Lipinski definition) is 2. The second-order valence-electron chi connectivity index (χ2n) is 3.92. The Labute approximate surface area is 105 Å². The summed E-state index contributed by atoms with van der Waals surface area (Å²) in [4.78, 5) is 8.07. The first-order valence-corrected chi connectivity index (χ1v) is 5.38. The number of aliphatic hydroxyl groups excluding tert-OH is 2. The van der Waals surface area contributed by atoms with Crippen LogP contribution < -0.4 is 4.90 Å². The van der Waals surface area contributed by atoms with Crippen LogP contribution in [-0.2, 0) is 6.18 Å². The van der Waals surface area contributed by atoms with Gasteiger partial charge in [-0.1, -0.05) is 0 Å². The highest BCUT2D eigenvalue weighted by atomic mass is 35.5. The van der Waals surface area contributed by atoms with Crippen molar-refractivity contribution in [3.05, 3.63) is 17.0 Å². The van der Waals surface area contributed by atoms with Crippen LogP contribution in [0.3, 0.4) is 0 Å². The first-order chi connectivity index (χ1) is 8.27. The Morgan fingerprint density at radius 2 is 1.78 bits per heavy atom. The zero-order valence-corrected chi connectivity index (χ0v) is 9.65. The molecule has 2 atom stereocenters. The molecule has 2 N–H and O–H groups in total. The summed E-state index contributed by atoms with van der Waals surface area (Å²) < 4.78 is 37.6. The molecule has 1 aromatic heterocycles. The molecule has 1 aliphatic rings. The topological polar surface area (TPSA) is 69.5 Å². The molecule has 0 spiro atoms. The van der Waals surface area contributed by atoms with E-state index in [1.807, 2.05) is 0 Å². The number of aliphatic hydroxyl groups is 2. The van der Waals surface area contributed by atoms with E-state index >= 15 is 0 Å². The first kappa shape index (κ1) is 13.3. The lowest BCUT2D eigenvalue weighted by Gasteiger charge is -2.17. The maximum Gasteiger partial charge on any atom is 0.433 e. The summed E-state index contributed by atoms with van der Waals surface area (Å²) >= 11 is 5.43. The minimum absolute atomic E-state index is 0.00813. The molecule has 9 heteroatoms. The Balaban J connectivity index is 2.32. The third-order valence-electron chi connectivity index (χ3n) is 2.56. The third-order valence-corrected chi connectivity index (χ3v) is 2.73. The smallest absolute Gasteiger partial charge is 0.389 e. The Hall–Kier alpha value is -1.12. The van der Waals surface area contributed by atoms with Crippen LogP contribution in [0.25, 0.3) is 0 Å². The largest absolute Gasteiger partial charge is 0.433 e. The van der Waals surface area contributed by atoms with E-state index in [1.54, 1.807) is 0 Å². The second-order valence-corrected chi connectivity index (χ2v) is 4.26. The quantitative estimate of drug-likeness (QED) is 0.742. The Morgan fingerprint density at radius 3 is 2.28 bits per heavy atom. The van der Waals surface area contributed by atoms with Gasteiger partial charge in [0.05, 0.1) is 12.2 Å². The van der Waals surface area contributed by atoms with Gasteiger partial charge in [0.2, 0.25) is 5.28 Å². The summed E-state index contributed by atoms with van der Waals surface area (Å²) in [5.41, 5.74) is -1.16. The average Bonchev–Trinajstić information content (AvgIpc) is 2.57. The molecule has 2 rings (SSSR count). The predicted octanol–water partition coefficient (Wildman–Crippen LogP) is 0.691. The zero-order chi connectivity index (χ0) is 13.5. The van der Waals surface area contributed by atoms with E-state index in [0.29, 0.717) is 0 Å². The van der Waals surface area contributed by atoms with E-state index < -0.39 is 29.4 Å². The Kier molecular flexibility index (Phi) is 3.35. The number of alkyl halides is 3. The maximum atomic E-state index is 12.5. The van der Waals surface area contributed by atoms with Crippen molar-refractivity contribution in [2.45, 2.75) is 18.4 Å². The van der Waals surface area contributed by atoms with Crippen LogP contribution >= 0.6 is 11.6 Å². The molecular formula is C9H9ClF3N3O2. The normalized spacial score (nSPS) is 24.7. The molecule has 0 aromatic carbocycles. The van der Waals surface area contributed by atoms with E-state index in [0.717, 1.165) is 6.07 Å². The lowest BCUT2D eigenvalue weighted by atomic mass is 10.3. The molecule has 18 heavy (non-hydrogen) atoms. The van der Waals surface area contributed by atoms with Crippen molar-refractivity contribution >= 4 is 17.4 Å². The van der Waals surface area contributed by atoms with Gasteiger partial charge in [-0.25, -0.2) is 9.97 Å². The summed E-state index contributed by atoms with van der Waals surface area (Å²) in [6, 6.07) is 0.733. The number of aromatic nitrogens is 2. The molecule has 0 aliphatic carbocycles. The summed E-state index contributed by atoms with van der Waals surface area (Å²) in [5, 5.41) is 18.1. The number of nitrogens with zero attached hydrogens (tertiary/aromatic N) is 3. The van der Waals surface area contributed by atoms with E-state index in [-0.39, 0.29) is 18.9 Å². The van der Waals surface area contributed by atoms with Gasteiger partial charge in [-0.3, -0.25) is 0 Å². The van der Waals surface area contributed by atoms with Gasteiger partial charge in [0.25, 0.3) is 0 Å². The van der Waals surface area contributed by atoms with Crippen LogP contribution in [0.5, 0.6) is 0 Å². The number of halogens is 4. The molecule has 100 valence electrons. The van der Waals surface area contributed by atoms with Crippen LogP contribution in [-0.4, -0.2) is 45.5 Å². The summed E-state index contributed by atoms with van der Waals surface area (Å²) in [5.74, 6) is -0.0714.